The quantitative estimate of drug-likeness (QED) is 0.124. The summed E-state index contributed by atoms with van der Waals surface area (Å²) in [6, 6.07) is 17.4. The number of aromatic nitrogens is 4. The highest BCUT2D eigenvalue weighted by Gasteiger charge is 2.36. The summed E-state index contributed by atoms with van der Waals surface area (Å²) in [5.74, 6) is -0.151. The number of carbonyl (C=O) groups is 2. The van der Waals surface area contributed by atoms with Crippen LogP contribution < -0.4 is 10.2 Å². The van der Waals surface area contributed by atoms with Crippen molar-refractivity contribution in [1.29, 1.82) is 0 Å². The van der Waals surface area contributed by atoms with Crippen LogP contribution in [0.5, 0.6) is 0 Å². The van der Waals surface area contributed by atoms with Crippen LogP contribution in [0.1, 0.15) is 90.5 Å². The van der Waals surface area contributed by atoms with Crippen LogP contribution in [0, 0.1) is 6.92 Å². The van der Waals surface area contributed by atoms with E-state index in [1.54, 1.807) is 6.20 Å². The summed E-state index contributed by atoms with van der Waals surface area (Å²) in [7, 11) is 0. The first-order chi connectivity index (χ1) is 25.9. The molecule has 3 aromatic heterocycles. The second kappa shape index (κ2) is 15.6. The molecule has 1 saturated carbocycles. The molecule has 0 spiro atoms. The molecule has 1 aliphatic heterocycles. The Morgan fingerprint density at radius 1 is 1.02 bits per heavy atom. The number of rotatable bonds is 11. The number of hydrogen-bond acceptors (Lipinski definition) is 11. The summed E-state index contributed by atoms with van der Waals surface area (Å²) in [5, 5.41) is 27.7. The van der Waals surface area contributed by atoms with Crippen LogP contribution in [0.15, 0.2) is 60.8 Å². The summed E-state index contributed by atoms with van der Waals surface area (Å²) in [6.45, 7) is 8.72. The number of aliphatic hydroxyl groups is 2. The van der Waals surface area contributed by atoms with Crippen LogP contribution in [0.4, 0.5) is 10.9 Å². The lowest BCUT2D eigenvalue weighted by molar-refractivity contribution is -0.115. The highest BCUT2D eigenvalue weighted by atomic mass is 32.1. The number of ether oxygens (including phenoxy) is 2. The molecule has 0 saturated heterocycles. The lowest BCUT2D eigenvalue weighted by atomic mass is 9.84. The minimum Gasteiger partial charge on any atom is -0.455 e. The Morgan fingerprint density at radius 2 is 1.81 bits per heavy atom. The van der Waals surface area contributed by atoms with Crippen molar-refractivity contribution in [3.63, 3.8) is 0 Å². The van der Waals surface area contributed by atoms with E-state index in [1.165, 1.54) is 11.3 Å². The summed E-state index contributed by atoms with van der Waals surface area (Å²) in [4.78, 5) is 39.2. The van der Waals surface area contributed by atoms with E-state index in [4.69, 9.17) is 19.6 Å². The molecule has 0 radical (unpaired) electrons. The van der Waals surface area contributed by atoms with Crippen LogP contribution in [0.25, 0.3) is 21.3 Å². The summed E-state index contributed by atoms with van der Waals surface area (Å²) >= 11 is 1.44. The van der Waals surface area contributed by atoms with Gasteiger partial charge in [0.25, 0.3) is 5.91 Å². The number of fused-ring (bicyclic) bond motifs is 2. The lowest BCUT2D eigenvalue weighted by Crippen LogP contribution is -2.42. The maximum Gasteiger partial charge on any atom is 0.358 e. The number of pyridine rings is 1. The molecule has 1 unspecified atom stereocenters. The fraction of sp³-hybridized carbons (Fsp3) is 0.439. The molecule has 54 heavy (non-hydrogen) atoms. The van der Waals surface area contributed by atoms with Crippen LogP contribution in [-0.4, -0.2) is 78.9 Å². The smallest absolute Gasteiger partial charge is 0.358 e. The normalized spacial score (nSPS) is 16.2. The van der Waals surface area contributed by atoms with Crippen LogP contribution in [-0.2, 0) is 29.0 Å². The maximum atomic E-state index is 13.9. The first-order valence-electron chi connectivity index (χ1n) is 18.6. The number of esters is 1. The molecule has 3 N–H and O–H groups in total. The Labute approximate surface area is 319 Å². The summed E-state index contributed by atoms with van der Waals surface area (Å²) in [5.41, 5.74) is 4.57. The number of benzene rings is 2. The molecule has 5 aromatic rings. The molecule has 1 atom stereocenters. The molecule has 0 bridgehead atoms. The average Bonchev–Trinajstić information content (AvgIpc) is 3.74. The number of aliphatic hydroxyl groups excluding tert-OH is 2. The van der Waals surface area contributed by atoms with Gasteiger partial charge in [-0.1, -0.05) is 54.9 Å². The Morgan fingerprint density at radius 3 is 2.57 bits per heavy atom. The molecule has 2 aromatic carbocycles. The van der Waals surface area contributed by atoms with E-state index >= 15 is 0 Å². The molecule has 13 heteroatoms. The van der Waals surface area contributed by atoms with Crippen LogP contribution in [0.2, 0.25) is 0 Å². The van der Waals surface area contributed by atoms with Crippen molar-refractivity contribution in [2.24, 2.45) is 0 Å². The zero-order valence-electron chi connectivity index (χ0n) is 31.3. The summed E-state index contributed by atoms with van der Waals surface area (Å²) < 4.78 is 15.1. The third-order valence-corrected chi connectivity index (χ3v) is 11.2. The van der Waals surface area contributed by atoms with Gasteiger partial charge in [-0.15, -0.1) is 0 Å². The molecule has 284 valence electrons. The van der Waals surface area contributed by atoms with Gasteiger partial charge in [0.15, 0.2) is 10.8 Å². The number of nitrogens with one attached hydrogen (secondary N) is 1. The predicted molar refractivity (Wildman–Crippen MR) is 209 cm³/mol. The molecule has 4 heterocycles. The van der Waals surface area contributed by atoms with Gasteiger partial charge in [0, 0.05) is 35.5 Å². The highest BCUT2D eigenvalue weighted by Crippen LogP contribution is 2.36. The number of thiazole rings is 1. The van der Waals surface area contributed by atoms with Crippen molar-refractivity contribution < 1.29 is 29.3 Å². The first kappa shape index (κ1) is 37.6. The molecular formula is C41H48N6O6S. The third-order valence-electron chi connectivity index (χ3n) is 10.2. The number of anilines is 2. The van der Waals surface area contributed by atoms with Gasteiger partial charge in [-0.2, -0.15) is 5.10 Å². The van der Waals surface area contributed by atoms with Crippen molar-refractivity contribution in [1.82, 2.24) is 19.7 Å². The summed E-state index contributed by atoms with van der Waals surface area (Å²) in [6.07, 6.45) is 6.29. The minimum atomic E-state index is -0.944. The molecular weight excluding hydrogens is 705 g/mol. The van der Waals surface area contributed by atoms with Crippen molar-refractivity contribution in [2.45, 2.75) is 96.6 Å². The van der Waals surface area contributed by atoms with E-state index in [2.05, 4.69) is 21.3 Å². The Hall–Kier alpha value is -4.69. The van der Waals surface area contributed by atoms with E-state index in [0.717, 1.165) is 64.7 Å². The number of hydrogen-bond donors (Lipinski definition) is 3. The molecule has 1 amide bonds. The Bertz CT molecular complexity index is 2120. The zero-order valence-corrected chi connectivity index (χ0v) is 32.1. The predicted octanol–water partition coefficient (Wildman–Crippen LogP) is 6.71. The Balaban J connectivity index is 1.17. The van der Waals surface area contributed by atoms with Gasteiger partial charge in [0.1, 0.15) is 17.5 Å². The van der Waals surface area contributed by atoms with E-state index in [1.807, 2.05) is 80.9 Å². The molecule has 2 aliphatic rings. The van der Waals surface area contributed by atoms with Gasteiger partial charge in [0.2, 0.25) is 0 Å². The zero-order chi connectivity index (χ0) is 38.0. The lowest BCUT2D eigenvalue weighted by Gasteiger charge is -2.38. The first-order valence-corrected chi connectivity index (χ1v) is 19.5. The standard InChI is InChI=1S/C41H48N6O6S/c1-26-31(21-42-47(26)25-41(18-8-5-9-19-41)52-24-28(49)23-48)29-15-16-35(44-36(29)38(51)53-40(2,3)4)46-20-17-27-11-10-12-30(32(27)22-46)37(50)45-39-43-33-13-6-7-14-34(33)54-39/h6-7,10-16,21,28,48-49H,5,8-9,17-20,22-25H2,1-4H3,(H,43,45,50). The molecule has 1 aliphatic carbocycles. The van der Waals surface area contributed by atoms with Crippen molar-refractivity contribution >= 4 is 44.4 Å². The minimum absolute atomic E-state index is 0.0497. The van der Waals surface area contributed by atoms with Gasteiger partial charge in [-0.05, 0) is 88.4 Å². The number of carbonyl (C=O) groups excluding carboxylic acids is 2. The fourth-order valence-electron chi connectivity index (χ4n) is 7.42. The van der Waals surface area contributed by atoms with Gasteiger partial charge in [0.05, 0.1) is 41.8 Å². The third kappa shape index (κ3) is 8.19. The number of para-hydroxylation sites is 1. The molecule has 12 nitrogen and oxygen atoms in total. The van der Waals surface area contributed by atoms with Crippen LogP contribution >= 0.6 is 11.3 Å². The van der Waals surface area contributed by atoms with E-state index < -0.39 is 23.3 Å². The maximum absolute atomic E-state index is 13.9. The van der Waals surface area contributed by atoms with E-state index in [-0.39, 0.29) is 24.8 Å². The fourth-order valence-corrected chi connectivity index (χ4v) is 8.28. The van der Waals surface area contributed by atoms with Crippen molar-refractivity contribution in [3.05, 3.63) is 88.9 Å². The number of nitrogens with zero attached hydrogens (tertiary/aromatic N) is 5. The van der Waals surface area contributed by atoms with Crippen LogP contribution in [0.3, 0.4) is 0 Å². The SMILES string of the molecule is Cc1c(-c2ccc(N3CCc4cccc(C(=O)Nc5nc6ccccc6s5)c4C3)nc2C(=O)OC(C)(C)C)cnn1CC1(OCC(O)CO)CCCCC1. The topological polar surface area (TPSA) is 152 Å². The van der Waals surface area contributed by atoms with Gasteiger partial charge < -0.3 is 24.6 Å². The Kier molecular flexibility index (Phi) is 10.9. The molecule has 1 fully saturated rings. The second-order valence-corrected chi connectivity index (χ2v) is 16.3. The monoisotopic (exact) mass is 752 g/mol. The van der Waals surface area contributed by atoms with E-state index in [0.29, 0.717) is 48.1 Å². The van der Waals surface area contributed by atoms with Crippen molar-refractivity contribution in [2.75, 3.05) is 30.0 Å². The second-order valence-electron chi connectivity index (χ2n) is 15.3. The van der Waals surface area contributed by atoms with Gasteiger partial charge in [-0.3, -0.25) is 14.8 Å². The average molecular weight is 753 g/mol. The molecule has 7 rings (SSSR count). The van der Waals surface area contributed by atoms with Gasteiger partial charge in [-0.25, -0.2) is 14.8 Å². The van der Waals surface area contributed by atoms with E-state index in [9.17, 15) is 19.8 Å². The largest absolute Gasteiger partial charge is 0.455 e. The highest BCUT2D eigenvalue weighted by molar-refractivity contribution is 7.22. The number of amides is 1. The van der Waals surface area contributed by atoms with Crippen molar-refractivity contribution in [3.8, 4) is 11.1 Å². The van der Waals surface area contributed by atoms with Gasteiger partial charge >= 0.3 is 5.97 Å².